The van der Waals surface area contributed by atoms with Crippen LogP contribution in [0.15, 0.2) is 30.3 Å². The van der Waals surface area contributed by atoms with Crippen LogP contribution in [-0.4, -0.2) is 56.0 Å². The first-order valence-corrected chi connectivity index (χ1v) is 8.73. The number of aliphatic hydroxyl groups excluding tert-OH is 4. The van der Waals surface area contributed by atoms with Gasteiger partial charge in [-0.05, 0) is 0 Å². The molecule has 6 N–H and O–H groups in total. The molecule has 0 saturated heterocycles. The van der Waals surface area contributed by atoms with Gasteiger partial charge in [0.1, 0.15) is 7.26 Å². The third-order valence-corrected chi connectivity index (χ3v) is 5.33. The van der Waals surface area contributed by atoms with Crippen molar-refractivity contribution in [2.24, 2.45) is 0 Å². The van der Waals surface area contributed by atoms with Gasteiger partial charge in [-0.2, -0.15) is 0 Å². The highest BCUT2D eigenvalue weighted by molar-refractivity contribution is 7.75. The minimum Gasteiger partial charge on any atom is -0.362 e. The van der Waals surface area contributed by atoms with Gasteiger partial charge in [0.2, 0.25) is 0 Å². The van der Waals surface area contributed by atoms with Gasteiger partial charge in [0, 0.05) is 12.0 Å². The third-order valence-electron chi connectivity index (χ3n) is 2.93. The van der Waals surface area contributed by atoms with Crippen molar-refractivity contribution < 1.29 is 30.6 Å². The van der Waals surface area contributed by atoms with Crippen LogP contribution >= 0.6 is 7.26 Å². The lowest BCUT2D eigenvalue weighted by molar-refractivity contribution is -0.171. The molecule has 0 bridgehead atoms. The van der Waals surface area contributed by atoms with E-state index in [-0.39, 0.29) is 25.4 Å². The minimum atomic E-state index is -2.20. The Kier molecular flexibility index (Phi) is 9.09. The Labute approximate surface area is 119 Å². The van der Waals surface area contributed by atoms with Crippen molar-refractivity contribution in [3.8, 4) is 0 Å². The van der Waals surface area contributed by atoms with Gasteiger partial charge in [0.05, 0.1) is 0 Å². The first-order chi connectivity index (χ1) is 9.41. The number of benzene rings is 1. The molecule has 0 fully saturated rings. The Hall–Kier alpha value is -0.590. The molecule has 0 aliphatic rings. The van der Waals surface area contributed by atoms with E-state index < -0.39 is 13.0 Å². The van der Waals surface area contributed by atoms with Gasteiger partial charge >= 0.3 is 0 Å². The quantitative estimate of drug-likeness (QED) is 0.326. The van der Waals surface area contributed by atoms with Gasteiger partial charge in [-0.3, -0.25) is 0 Å². The molecule has 116 valence electrons. The summed E-state index contributed by atoms with van der Waals surface area (Å²) in [5.41, 5.74) is 0.544. The SMILES string of the molecule is CCC(O)(O)c1ccccc1.OC[P+](CO)(CO)CO. The standard InChI is InChI=1S/C9H12O2.C4H12O4P/c1-2-9(10,11)8-6-4-3-5-7-8;5-1-9(2-6,3-7)4-8/h3-7,10-11H,2H2,1H3;5-8H,1-4H2/q;+1. The van der Waals surface area contributed by atoms with Crippen molar-refractivity contribution in [1.29, 1.82) is 0 Å². The zero-order chi connectivity index (χ0) is 15.6. The molecule has 0 radical (unpaired) electrons. The Balaban J connectivity index is 0.000000370. The Morgan fingerprint density at radius 1 is 0.850 bits per heavy atom. The van der Waals surface area contributed by atoms with Crippen LogP contribution < -0.4 is 0 Å². The van der Waals surface area contributed by atoms with Gasteiger partial charge in [0.25, 0.3) is 0 Å². The predicted molar refractivity (Wildman–Crippen MR) is 78.1 cm³/mol. The second kappa shape index (κ2) is 9.37. The monoisotopic (exact) mass is 307 g/mol. The highest BCUT2D eigenvalue weighted by atomic mass is 31.2. The van der Waals surface area contributed by atoms with Crippen molar-refractivity contribution in [2.45, 2.75) is 19.1 Å². The second-order valence-corrected chi connectivity index (χ2v) is 8.26. The smallest absolute Gasteiger partial charge is 0.189 e. The van der Waals surface area contributed by atoms with E-state index in [1.807, 2.05) is 6.07 Å². The second-order valence-electron chi connectivity index (χ2n) is 4.44. The Morgan fingerprint density at radius 2 is 1.25 bits per heavy atom. The van der Waals surface area contributed by atoms with E-state index in [0.717, 1.165) is 0 Å². The number of hydrogen-bond donors (Lipinski definition) is 6. The molecule has 1 aromatic carbocycles. The molecule has 1 rings (SSSR count). The maximum absolute atomic E-state index is 9.35. The fraction of sp³-hybridized carbons (Fsp3) is 0.538. The largest absolute Gasteiger partial charge is 0.362 e. The molecule has 0 aliphatic heterocycles. The molecular weight excluding hydrogens is 283 g/mol. The van der Waals surface area contributed by atoms with Crippen LogP contribution in [0.2, 0.25) is 0 Å². The lowest BCUT2D eigenvalue weighted by Crippen LogP contribution is -2.23. The molecular formula is C13H24O6P+. The van der Waals surface area contributed by atoms with Gasteiger partial charge in [-0.1, -0.05) is 37.3 Å². The van der Waals surface area contributed by atoms with Crippen LogP contribution in [0.5, 0.6) is 0 Å². The van der Waals surface area contributed by atoms with E-state index in [4.69, 9.17) is 20.4 Å². The van der Waals surface area contributed by atoms with Crippen molar-refractivity contribution in [1.82, 2.24) is 0 Å². The van der Waals surface area contributed by atoms with Crippen LogP contribution in [0.1, 0.15) is 18.9 Å². The summed E-state index contributed by atoms with van der Waals surface area (Å²) in [5.74, 6) is -1.67. The molecule has 0 heterocycles. The van der Waals surface area contributed by atoms with Crippen LogP contribution in [-0.2, 0) is 5.79 Å². The average molecular weight is 307 g/mol. The summed E-state index contributed by atoms with van der Waals surface area (Å²) in [7, 11) is -2.20. The Bertz CT molecular complexity index is 336. The van der Waals surface area contributed by atoms with Crippen LogP contribution in [0.25, 0.3) is 0 Å². The summed E-state index contributed by atoms with van der Waals surface area (Å²) < 4.78 is 0. The summed E-state index contributed by atoms with van der Waals surface area (Å²) >= 11 is 0. The molecule has 20 heavy (non-hydrogen) atoms. The molecule has 0 amide bonds. The molecule has 6 nitrogen and oxygen atoms in total. The molecule has 0 aliphatic carbocycles. The van der Waals surface area contributed by atoms with Gasteiger partial charge in [-0.15, -0.1) is 0 Å². The van der Waals surface area contributed by atoms with E-state index in [2.05, 4.69) is 0 Å². The normalized spacial score (nSPS) is 11.8. The van der Waals surface area contributed by atoms with E-state index >= 15 is 0 Å². The number of rotatable bonds is 6. The summed E-state index contributed by atoms with van der Waals surface area (Å²) in [6.45, 7) is 1.73. The third kappa shape index (κ3) is 5.81. The van der Waals surface area contributed by atoms with Crippen molar-refractivity contribution in [2.75, 3.05) is 25.4 Å². The molecule has 0 spiro atoms. The van der Waals surface area contributed by atoms with Gasteiger partial charge < -0.3 is 30.6 Å². The van der Waals surface area contributed by atoms with E-state index in [1.54, 1.807) is 31.2 Å². The summed E-state index contributed by atoms with van der Waals surface area (Å²) in [6.07, 6.45) is -0.878. The molecule has 0 saturated carbocycles. The molecule has 0 unspecified atom stereocenters. The van der Waals surface area contributed by atoms with Crippen LogP contribution in [0, 0.1) is 0 Å². The summed E-state index contributed by atoms with van der Waals surface area (Å²) in [5, 5.41) is 52.9. The van der Waals surface area contributed by atoms with Crippen LogP contribution in [0.3, 0.4) is 0 Å². The van der Waals surface area contributed by atoms with Crippen molar-refractivity contribution in [3.63, 3.8) is 0 Å². The highest BCUT2D eigenvalue weighted by Crippen LogP contribution is 2.54. The fourth-order valence-electron chi connectivity index (χ4n) is 1.18. The minimum absolute atomic E-state index is 0.295. The lowest BCUT2D eigenvalue weighted by atomic mass is 10.0. The average Bonchev–Trinajstić information content (AvgIpc) is 2.52. The fourth-order valence-corrected chi connectivity index (χ4v) is 1.71. The lowest BCUT2D eigenvalue weighted by Gasteiger charge is -2.19. The number of aliphatic hydroxyl groups is 6. The molecule has 0 aromatic heterocycles. The van der Waals surface area contributed by atoms with Gasteiger partial charge in [0.15, 0.2) is 31.2 Å². The van der Waals surface area contributed by atoms with E-state index in [9.17, 15) is 10.2 Å². The molecule has 1 aromatic rings. The van der Waals surface area contributed by atoms with Gasteiger partial charge in [-0.25, -0.2) is 0 Å². The maximum atomic E-state index is 9.35. The van der Waals surface area contributed by atoms with Crippen molar-refractivity contribution in [3.05, 3.63) is 35.9 Å². The Morgan fingerprint density at radius 3 is 1.50 bits per heavy atom. The predicted octanol–water partition coefficient (Wildman–Crippen LogP) is 0.0372. The maximum Gasteiger partial charge on any atom is 0.189 e. The van der Waals surface area contributed by atoms with E-state index in [0.29, 0.717) is 12.0 Å². The first kappa shape index (κ1) is 19.4. The highest BCUT2D eigenvalue weighted by Gasteiger charge is 2.34. The summed E-state index contributed by atoms with van der Waals surface area (Å²) in [6, 6.07) is 8.81. The first-order valence-electron chi connectivity index (χ1n) is 6.20. The van der Waals surface area contributed by atoms with Crippen LogP contribution in [0.4, 0.5) is 0 Å². The zero-order valence-corrected chi connectivity index (χ0v) is 12.4. The molecule has 0 atom stereocenters. The number of hydrogen-bond acceptors (Lipinski definition) is 6. The zero-order valence-electron chi connectivity index (χ0n) is 11.6. The van der Waals surface area contributed by atoms with E-state index in [1.165, 1.54) is 0 Å². The molecule has 7 heteroatoms. The van der Waals surface area contributed by atoms with Crippen molar-refractivity contribution >= 4 is 7.26 Å². The summed E-state index contributed by atoms with van der Waals surface area (Å²) in [4.78, 5) is 0. The topological polar surface area (TPSA) is 121 Å².